The zero-order valence-electron chi connectivity index (χ0n) is 13.6. The number of methoxy groups -OCH3 is 1. The first-order valence-electron chi connectivity index (χ1n) is 7.67. The van der Waals surface area contributed by atoms with Gasteiger partial charge in [0.1, 0.15) is 5.75 Å². The summed E-state index contributed by atoms with van der Waals surface area (Å²) in [6.45, 7) is 0.860. The summed E-state index contributed by atoms with van der Waals surface area (Å²) in [4.78, 5) is 14.0. The predicted octanol–water partition coefficient (Wildman–Crippen LogP) is 2.35. The zero-order valence-corrected chi connectivity index (χ0v) is 13.6. The van der Waals surface area contributed by atoms with Gasteiger partial charge in [-0.1, -0.05) is 18.2 Å². The maximum atomic E-state index is 13.9. The Morgan fingerprint density at radius 2 is 2.17 bits per heavy atom. The van der Waals surface area contributed by atoms with E-state index in [0.717, 1.165) is 11.3 Å². The first-order valence-corrected chi connectivity index (χ1v) is 7.67. The van der Waals surface area contributed by atoms with Gasteiger partial charge in [-0.25, -0.2) is 4.39 Å². The molecule has 1 amide bonds. The number of hydrogen-bond acceptors (Lipinski definition) is 4. The molecule has 5 nitrogen and oxygen atoms in total. The number of halogens is 1. The van der Waals surface area contributed by atoms with Crippen molar-refractivity contribution in [3.8, 4) is 11.5 Å². The third-order valence-electron chi connectivity index (χ3n) is 3.99. The van der Waals surface area contributed by atoms with Crippen molar-refractivity contribution in [2.24, 2.45) is 0 Å². The van der Waals surface area contributed by atoms with Crippen LogP contribution in [0.4, 0.5) is 10.1 Å². The van der Waals surface area contributed by atoms with Crippen molar-refractivity contribution >= 4 is 11.6 Å². The molecule has 126 valence electrons. The molecule has 1 heterocycles. The number of carbonyl (C=O) groups is 1. The van der Waals surface area contributed by atoms with E-state index in [-0.39, 0.29) is 11.7 Å². The minimum atomic E-state index is -0.604. The van der Waals surface area contributed by atoms with Crippen LogP contribution < -0.4 is 19.7 Å². The van der Waals surface area contributed by atoms with Crippen molar-refractivity contribution in [1.82, 2.24) is 5.32 Å². The van der Waals surface area contributed by atoms with Gasteiger partial charge in [-0.3, -0.25) is 4.79 Å². The minimum absolute atomic E-state index is 0.185. The first kappa shape index (κ1) is 16.1. The number of fused-ring (bicyclic) bond motifs is 1. The molecule has 1 atom stereocenters. The highest BCUT2D eigenvalue weighted by Gasteiger charge is 2.30. The maximum Gasteiger partial charge on any atom is 0.262 e. The van der Waals surface area contributed by atoms with Gasteiger partial charge in [0.25, 0.3) is 5.91 Å². The normalized spacial score (nSPS) is 16.1. The molecule has 0 bridgehead atoms. The van der Waals surface area contributed by atoms with Crippen LogP contribution in [-0.2, 0) is 11.3 Å². The van der Waals surface area contributed by atoms with Crippen LogP contribution in [0.1, 0.15) is 5.56 Å². The Labute approximate surface area is 140 Å². The molecule has 6 heteroatoms. The lowest BCUT2D eigenvalue weighted by Crippen LogP contribution is -2.47. The minimum Gasteiger partial charge on any atom is -0.494 e. The highest BCUT2D eigenvalue weighted by molar-refractivity contribution is 5.83. The lowest BCUT2D eigenvalue weighted by Gasteiger charge is -2.35. The Morgan fingerprint density at radius 1 is 1.38 bits per heavy atom. The van der Waals surface area contributed by atoms with Crippen LogP contribution in [-0.4, -0.2) is 32.7 Å². The van der Waals surface area contributed by atoms with E-state index >= 15 is 0 Å². The standard InChI is InChI=1S/C18H19FN2O3/c1-20-18(22)17-11-21(14-5-3-4-6-16(14)24-17)10-12-7-8-15(23-2)13(19)9-12/h3-9,17H,10-11H2,1-2H3,(H,20,22)/t17-/m0/s1. The second-order valence-electron chi connectivity index (χ2n) is 5.54. The summed E-state index contributed by atoms with van der Waals surface area (Å²) in [5.41, 5.74) is 1.68. The molecule has 2 aromatic carbocycles. The van der Waals surface area contributed by atoms with Gasteiger partial charge in [-0.05, 0) is 29.8 Å². The molecule has 0 saturated heterocycles. The number of benzene rings is 2. The van der Waals surface area contributed by atoms with E-state index in [0.29, 0.717) is 18.8 Å². The number of ether oxygens (including phenoxy) is 2. The highest BCUT2D eigenvalue weighted by Crippen LogP contribution is 2.34. The molecule has 1 N–H and O–H groups in total. The smallest absolute Gasteiger partial charge is 0.262 e. The SMILES string of the molecule is CNC(=O)[C@@H]1CN(Cc2ccc(OC)c(F)c2)c2ccccc2O1. The summed E-state index contributed by atoms with van der Waals surface area (Å²) in [6.07, 6.45) is -0.604. The van der Waals surface area contributed by atoms with Gasteiger partial charge in [-0.15, -0.1) is 0 Å². The summed E-state index contributed by atoms with van der Waals surface area (Å²) in [5, 5.41) is 2.61. The average molecular weight is 330 g/mol. The van der Waals surface area contributed by atoms with Crippen LogP contribution in [0, 0.1) is 5.82 Å². The molecule has 3 rings (SSSR count). The number of hydrogen-bond donors (Lipinski definition) is 1. The molecular formula is C18H19FN2O3. The number of para-hydroxylation sites is 2. The van der Waals surface area contributed by atoms with Crippen molar-refractivity contribution in [3.05, 3.63) is 53.8 Å². The molecular weight excluding hydrogens is 311 g/mol. The molecule has 1 aliphatic heterocycles. The van der Waals surface area contributed by atoms with E-state index in [1.165, 1.54) is 13.2 Å². The fourth-order valence-corrected chi connectivity index (χ4v) is 2.78. The zero-order chi connectivity index (χ0) is 17.1. The Kier molecular flexibility index (Phi) is 4.55. The summed E-state index contributed by atoms with van der Waals surface area (Å²) in [7, 11) is 3.01. The summed E-state index contributed by atoms with van der Waals surface area (Å²) in [5.74, 6) is 0.269. The van der Waals surface area contributed by atoms with E-state index in [9.17, 15) is 9.18 Å². The topological polar surface area (TPSA) is 50.8 Å². The lowest BCUT2D eigenvalue weighted by atomic mass is 10.1. The molecule has 1 aliphatic rings. The number of anilines is 1. The van der Waals surface area contributed by atoms with E-state index in [1.54, 1.807) is 13.1 Å². The number of carbonyl (C=O) groups excluding carboxylic acids is 1. The van der Waals surface area contributed by atoms with Crippen LogP contribution in [0.15, 0.2) is 42.5 Å². The molecule has 0 spiro atoms. The van der Waals surface area contributed by atoms with Crippen molar-refractivity contribution in [1.29, 1.82) is 0 Å². The van der Waals surface area contributed by atoms with E-state index < -0.39 is 11.9 Å². The molecule has 0 radical (unpaired) electrons. The second kappa shape index (κ2) is 6.78. The monoisotopic (exact) mass is 330 g/mol. The quantitative estimate of drug-likeness (QED) is 0.935. The summed E-state index contributed by atoms with van der Waals surface area (Å²) >= 11 is 0. The van der Waals surface area contributed by atoms with Gasteiger partial charge in [0, 0.05) is 13.6 Å². The average Bonchev–Trinajstić information content (AvgIpc) is 2.61. The lowest BCUT2D eigenvalue weighted by molar-refractivity contribution is -0.127. The predicted molar refractivity (Wildman–Crippen MR) is 88.9 cm³/mol. The van der Waals surface area contributed by atoms with Crippen molar-refractivity contribution in [3.63, 3.8) is 0 Å². The number of nitrogens with zero attached hydrogens (tertiary/aromatic N) is 1. The number of nitrogens with one attached hydrogen (secondary N) is 1. The number of rotatable bonds is 4. The Hall–Kier alpha value is -2.76. The second-order valence-corrected chi connectivity index (χ2v) is 5.54. The van der Waals surface area contributed by atoms with Crippen LogP contribution >= 0.6 is 0 Å². The van der Waals surface area contributed by atoms with Crippen LogP contribution in [0.25, 0.3) is 0 Å². The van der Waals surface area contributed by atoms with Gasteiger partial charge >= 0.3 is 0 Å². The highest BCUT2D eigenvalue weighted by atomic mass is 19.1. The molecule has 0 aliphatic carbocycles. The van der Waals surface area contributed by atoms with Gasteiger partial charge in [0.05, 0.1) is 19.3 Å². The van der Waals surface area contributed by atoms with Crippen LogP contribution in [0.3, 0.4) is 0 Å². The molecule has 0 saturated carbocycles. The van der Waals surface area contributed by atoms with Gasteiger partial charge in [-0.2, -0.15) is 0 Å². The van der Waals surface area contributed by atoms with E-state index in [2.05, 4.69) is 5.32 Å². The molecule has 0 unspecified atom stereocenters. The molecule has 0 fully saturated rings. The maximum absolute atomic E-state index is 13.9. The molecule has 2 aromatic rings. The van der Waals surface area contributed by atoms with Crippen molar-refractivity contribution < 1.29 is 18.7 Å². The fraction of sp³-hybridized carbons (Fsp3) is 0.278. The van der Waals surface area contributed by atoms with E-state index in [1.807, 2.05) is 35.2 Å². The van der Waals surface area contributed by atoms with Gasteiger partial charge in [0.15, 0.2) is 17.7 Å². The Balaban J connectivity index is 1.88. The summed E-state index contributed by atoms with van der Waals surface area (Å²) in [6, 6.07) is 12.4. The van der Waals surface area contributed by atoms with Crippen molar-refractivity contribution in [2.75, 3.05) is 25.6 Å². The molecule has 24 heavy (non-hydrogen) atoms. The van der Waals surface area contributed by atoms with Crippen LogP contribution in [0.5, 0.6) is 11.5 Å². The third-order valence-corrected chi connectivity index (χ3v) is 3.99. The Bertz CT molecular complexity index is 751. The van der Waals surface area contributed by atoms with E-state index in [4.69, 9.17) is 9.47 Å². The Morgan fingerprint density at radius 3 is 2.88 bits per heavy atom. The first-order chi connectivity index (χ1) is 11.6. The number of likely N-dealkylation sites (N-methyl/N-ethyl adjacent to an activating group) is 1. The van der Waals surface area contributed by atoms with Gasteiger partial charge in [0.2, 0.25) is 0 Å². The third kappa shape index (κ3) is 3.13. The number of amides is 1. The molecule has 0 aromatic heterocycles. The fourth-order valence-electron chi connectivity index (χ4n) is 2.78. The van der Waals surface area contributed by atoms with Crippen LogP contribution in [0.2, 0.25) is 0 Å². The van der Waals surface area contributed by atoms with Crippen molar-refractivity contribution in [2.45, 2.75) is 12.6 Å². The largest absolute Gasteiger partial charge is 0.494 e. The van der Waals surface area contributed by atoms with Gasteiger partial charge < -0.3 is 19.7 Å². The summed E-state index contributed by atoms with van der Waals surface area (Å²) < 4.78 is 24.6.